The van der Waals surface area contributed by atoms with Crippen molar-refractivity contribution in [3.63, 3.8) is 0 Å². The second kappa shape index (κ2) is 29.0. The summed E-state index contributed by atoms with van der Waals surface area (Å²) < 4.78 is 29.5. The van der Waals surface area contributed by atoms with Gasteiger partial charge in [-0.1, -0.05) is 102 Å². The average molecular weight is 1300 g/mol. The Kier molecular flexibility index (Phi) is 19.9. The molecule has 5 aliphatic rings. The van der Waals surface area contributed by atoms with E-state index in [0.717, 1.165) is 134 Å². The van der Waals surface area contributed by atoms with E-state index in [4.69, 9.17) is 18.9 Å². The molecule has 0 radical (unpaired) electrons. The van der Waals surface area contributed by atoms with Crippen molar-refractivity contribution in [1.82, 2.24) is 0 Å². The molecule has 8 bridgehead atoms. The molecule has 0 saturated heterocycles. The molecule has 4 saturated carbocycles. The summed E-state index contributed by atoms with van der Waals surface area (Å²) in [5.41, 5.74) is 7.00. The lowest BCUT2D eigenvalue weighted by Crippen LogP contribution is -2.26. The van der Waals surface area contributed by atoms with Crippen molar-refractivity contribution in [2.24, 2.45) is 23.7 Å². The fourth-order valence-electron chi connectivity index (χ4n) is 16.8. The summed E-state index contributed by atoms with van der Waals surface area (Å²) in [4.78, 5) is 0. The van der Waals surface area contributed by atoms with Gasteiger partial charge in [-0.25, -0.2) is 0 Å². The first-order chi connectivity index (χ1) is 46.6. The number of hydrogen-bond donors (Lipinski definition) is 8. The van der Waals surface area contributed by atoms with E-state index >= 15 is 0 Å². The van der Waals surface area contributed by atoms with Crippen LogP contribution in [0.5, 0.6) is 69.0 Å². The Morgan fingerprint density at radius 1 is 0.240 bits per heavy atom. The molecule has 4 atom stereocenters. The lowest BCUT2D eigenvalue weighted by molar-refractivity contribution is 0.127. The standard InChI is InChI=1S/C84H96O12/c1-5-49-9-33-61(34-10-49)93-77-45-73(89)65-41-69(77)82(54-19-27-58(86)28-20-54)67-43-70(78(47-75(67)91)94-62-35-11-50(6-2)12-36-62)83(55-21-29-59(87)30-22-55)68-44-72(80(48-76(68)92)96-64-39-15-52(8-4)16-40-64)84(56-23-31-60(88)32-24-56)71-42-66(81(65)53-17-25-57(85)26-18-53)74(90)46-79(71)95-63-37-13-51(7-3)14-38-63/h17-32,41-52,61-64,81-92H,5-16,33-40H2,1-4H3. The molecule has 4 unspecified atom stereocenters. The smallest absolute Gasteiger partial charge is 0.127 e. The SMILES string of the molecule is CCC1CCC(Oc2cc(O)c3cc2C(c2ccc(O)cc2)c2cc(c(OC4CCC(CC)CC4)cc2O)C(c2ccc(O)cc2)c2cc(c(OC4CCC(CC)CC4)cc2O)C(c2ccc(O)cc2)c2cc(c(O)cc2OC2CCC(CC)CC2)C3c2ccc(O)cc2)CC1. The van der Waals surface area contributed by atoms with Crippen LogP contribution in [0.1, 0.15) is 247 Å². The third-order valence-corrected chi connectivity index (χ3v) is 22.7. The van der Waals surface area contributed by atoms with Crippen molar-refractivity contribution in [2.75, 3.05) is 0 Å². The van der Waals surface area contributed by atoms with Crippen LogP contribution in [-0.4, -0.2) is 65.3 Å². The largest absolute Gasteiger partial charge is 0.508 e. The van der Waals surface area contributed by atoms with Crippen LogP contribution in [0.4, 0.5) is 0 Å². The average Bonchev–Trinajstić information content (AvgIpc) is 0.740. The van der Waals surface area contributed by atoms with Gasteiger partial charge in [-0.15, -0.1) is 0 Å². The van der Waals surface area contributed by atoms with Crippen molar-refractivity contribution in [1.29, 1.82) is 0 Å². The highest BCUT2D eigenvalue weighted by molar-refractivity contribution is 5.68. The number of aromatic hydroxyl groups is 8. The predicted molar refractivity (Wildman–Crippen MR) is 375 cm³/mol. The van der Waals surface area contributed by atoms with Crippen LogP contribution in [0.2, 0.25) is 0 Å². The Morgan fingerprint density at radius 2 is 0.417 bits per heavy atom. The number of phenolic OH excluding ortho intramolecular Hbond substituents is 8. The zero-order valence-electron chi connectivity index (χ0n) is 56.1. The van der Waals surface area contributed by atoms with Crippen molar-refractivity contribution in [3.05, 3.63) is 212 Å². The molecule has 13 rings (SSSR count). The zero-order chi connectivity index (χ0) is 66.7. The van der Waals surface area contributed by atoms with E-state index in [1.807, 2.05) is 60.7 Å². The Labute approximate surface area is 566 Å². The third kappa shape index (κ3) is 14.1. The number of benzene rings is 8. The Balaban J connectivity index is 1.17. The molecule has 8 N–H and O–H groups in total. The summed E-state index contributed by atoms with van der Waals surface area (Å²) in [6.07, 6.45) is 17.7. The van der Waals surface area contributed by atoms with Crippen molar-refractivity contribution < 1.29 is 59.8 Å². The minimum Gasteiger partial charge on any atom is -0.508 e. The predicted octanol–water partition coefficient (Wildman–Crippen LogP) is 19.8. The van der Waals surface area contributed by atoms with Crippen LogP contribution in [-0.2, 0) is 0 Å². The zero-order valence-corrected chi connectivity index (χ0v) is 56.1. The van der Waals surface area contributed by atoms with Crippen LogP contribution in [0.25, 0.3) is 0 Å². The fourth-order valence-corrected chi connectivity index (χ4v) is 16.8. The maximum absolute atomic E-state index is 13.5. The summed E-state index contributed by atoms with van der Waals surface area (Å²) >= 11 is 0. The molecular weight excluding hydrogens is 1200 g/mol. The highest BCUT2D eigenvalue weighted by Crippen LogP contribution is 2.56. The van der Waals surface area contributed by atoms with Gasteiger partial charge in [0.1, 0.15) is 69.0 Å². The number of hydrogen-bond acceptors (Lipinski definition) is 12. The molecular formula is C84H96O12. The molecule has 0 spiro atoms. The minimum atomic E-state index is -0.957. The van der Waals surface area contributed by atoms with Gasteiger partial charge < -0.3 is 59.8 Å². The highest BCUT2D eigenvalue weighted by Gasteiger charge is 2.39. The van der Waals surface area contributed by atoms with Crippen molar-refractivity contribution in [2.45, 2.75) is 204 Å². The van der Waals surface area contributed by atoms with E-state index in [0.29, 0.717) is 108 Å². The fraction of sp³-hybridized carbons (Fsp3) is 0.429. The second-order valence-corrected chi connectivity index (χ2v) is 28.6. The maximum Gasteiger partial charge on any atom is 0.127 e. The maximum atomic E-state index is 13.5. The molecule has 0 aromatic heterocycles. The first-order valence-corrected chi connectivity index (χ1v) is 35.9. The molecule has 96 heavy (non-hydrogen) atoms. The molecule has 12 nitrogen and oxygen atoms in total. The van der Waals surface area contributed by atoms with Gasteiger partial charge in [-0.2, -0.15) is 0 Å². The number of phenols is 8. The van der Waals surface area contributed by atoms with Crippen molar-refractivity contribution in [3.8, 4) is 69.0 Å². The van der Waals surface area contributed by atoms with Gasteiger partial charge in [0.15, 0.2) is 0 Å². The van der Waals surface area contributed by atoms with Gasteiger partial charge in [0, 0.05) is 92.4 Å². The summed E-state index contributed by atoms with van der Waals surface area (Å²) in [6, 6.07) is 42.8. The first kappa shape index (κ1) is 66.0. The van der Waals surface area contributed by atoms with Gasteiger partial charge >= 0.3 is 0 Å². The van der Waals surface area contributed by atoms with Gasteiger partial charge in [0.25, 0.3) is 0 Å². The van der Waals surface area contributed by atoms with E-state index < -0.39 is 23.7 Å². The summed E-state index contributed by atoms with van der Waals surface area (Å²) in [5.74, 6) is 0.272. The van der Waals surface area contributed by atoms with Gasteiger partial charge in [0.2, 0.25) is 0 Å². The van der Waals surface area contributed by atoms with Crippen LogP contribution >= 0.6 is 0 Å². The molecule has 504 valence electrons. The first-order valence-electron chi connectivity index (χ1n) is 35.9. The molecule has 0 heterocycles. The molecule has 8 aromatic rings. The highest BCUT2D eigenvalue weighted by atomic mass is 16.5. The monoisotopic (exact) mass is 1300 g/mol. The van der Waals surface area contributed by atoms with E-state index in [1.165, 1.54) is 0 Å². The van der Waals surface area contributed by atoms with Crippen LogP contribution < -0.4 is 18.9 Å². The molecule has 8 aromatic carbocycles. The minimum absolute atomic E-state index is 0.0291. The summed E-state index contributed by atoms with van der Waals surface area (Å²) in [6.45, 7) is 8.95. The van der Waals surface area contributed by atoms with Crippen molar-refractivity contribution >= 4 is 0 Å². The Hall–Kier alpha value is -8.64. The van der Waals surface area contributed by atoms with E-state index in [-0.39, 0.29) is 70.4 Å². The molecule has 12 heteroatoms. The van der Waals surface area contributed by atoms with Crippen LogP contribution in [0, 0.1) is 23.7 Å². The molecule has 0 aliphatic heterocycles. The molecule has 5 aliphatic carbocycles. The Bertz CT molecular complexity index is 3940. The van der Waals surface area contributed by atoms with Gasteiger partial charge in [0.05, 0.1) is 24.4 Å². The van der Waals surface area contributed by atoms with Gasteiger partial charge in [-0.3, -0.25) is 0 Å². The summed E-state index contributed by atoms with van der Waals surface area (Å²) in [5, 5.41) is 97.8. The lowest BCUT2D eigenvalue weighted by Gasteiger charge is -2.34. The van der Waals surface area contributed by atoms with Crippen LogP contribution in [0.3, 0.4) is 0 Å². The third-order valence-electron chi connectivity index (χ3n) is 22.7. The quantitative estimate of drug-likeness (QED) is 0.0456. The Morgan fingerprint density at radius 3 is 0.604 bits per heavy atom. The topological polar surface area (TPSA) is 199 Å². The van der Waals surface area contributed by atoms with E-state index in [9.17, 15) is 40.9 Å². The molecule has 4 fully saturated rings. The normalized spacial score (nSPS) is 25.1. The number of fused-ring (bicyclic) bond motifs is 8. The van der Waals surface area contributed by atoms with Gasteiger partial charge in [-0.05, 0) is 221 Å². The van der Waals surface area contributed by atoms with E-state index in [2.05, 4.69) is 27.7 Å². The summed E-state index contributed by atoms with van der Waals surface area (Å²) in [7, 11) is 0. The second-order valence-electron chi connectivity index (χ2n) is 28.6. The molecule has 0 amide bonds. The van der Waals surface area contributed by atoms with E-state index in [1.54, 1.807) is 84.9 Å². The number of ether oxygens (including phenoxy) is 4. The lowest BCUT2D eigenvalue weighted by atomic mass is 9.75. The van der Waals surface area contributed by atoms with Crippen LogP contribution in [0.15, 0.2) is 146 Å². The number of rotatable bonds is 16.